The molecule has 108 valence electrons. The van der Waals surface area contributed by atoms with E-state index in [1.165, 1.54) is 0 Å². The number of H-pyrrole nitrogens is 1. The average Bonchev–Trinajstić information content (AvgIpc) is 2.93. The van der Waals surface area contributed by atoms with E-state index in [0.29, 0.717) is 10.9 Å². The highest BCUT2D eigenvalue weighted by molar-refractivity contribution is 7.93. The quantitative estimate of drug-likeness (QED) is 0.774. The number of fused-ring (bicyclic) bond motifs is 1. The van der Waals surface area contributed by atoms with E-state index in [4.69, 9.17) is 0 Å². The van der Waals surface area contributed by atoms with Gasteiger partial charge in [0.1, 0.15) is 0 Å². The molecule has 0 saturated heterocycles. The number of hydrogen-bond donors (Lipinski definition) is 2. The van der Waals surface area contributed by atoms with E-state index in [1.807, 2.05) is 6.92 Å². The zero-order valence-corrected chi connectivity index (χ0v) is 12.2. The fourth-order valence-corrected chi connectivity index (χ4v) is 3.31. The molecule has 2 heterocycles. The molecule has 7 heteroatoms. The summed E-state index contributed by atoms with van der Waals surface area (Å²) in [7, 11) is -3.71. The van der Waals surface area contributed by atoms with Gasteiger partial charge in [0.2, 0.25) is 0 Å². The van der Waals surface area contributed by atoms with Crippen LogP contribution in [0, 0.1) is 0 Å². The van der Waals surface area contributed by atoms with Crippen LogP contribution in [0.15, 0.2) is 47.5 Å². The van der Waals surface area contributed by atoms with Gasteiger partial charge < -0.3 is 0 Å². The van der Waals surface area contributed by atoms with Crippen molar-refractivity contribution in [2.45, 2.75) is 18.2 Å². The van der Waals surface area contributed by atoms with Crippen molar-refractivity contribution < 1.29 is 8.42 Å². The minimum absolute atomic E-state index is 0.189. The van der Waals surface area contributed by atoms with Gasteiger partial charge in [0.05, 0.1) is 10.4 Å². The molecule has 0 bridgehead atoms. The predicted octanol–water partition coefficient (Wildman–Crippen LogP) is 2.32. The van der Waals surface area contributed by atoms with E-state index >= 15 is 0 Å². The summed E-state index contributed by atoms with van der Waals surface area (Å²) in [6.45, 7) is 1.96. The van der Waals surface area contributed by atoms with Gasteiger partial charge >= 0.3 is 0 Å². The summed E-state index contributed by atoms with van der Waals surface area (Å²) in [4.78, 5) is 4.35. The molecule has 0 amide bonds. The van der Waals surface area contributed by atoms with Crippen LogP contribution < -0.4 is 4.72 Å². The number of anilines is 1. The number of hydrogen-bond acceptors (Lipinski definition) is 4. The largest absolute Gasteiger partial charge is 0.280 e. The number of nitrogens with one attached hydrogen (secondary N) is 2. The molecule has 0 radical (unpaired) electrons. The van der Waals surface area contributed by atoms with E-state index in [2.05, 4.69) is 19.9 Å². The molecule has 0 saturated carbocycles. The zero-order chi connectivity index (χ0) is 14.9. The van der Waals surface area contributed by atoms with E-state index in [9.17, 15) is 8.42 Å². The Balaban J connectivity index is 2.04. The molecule has 6 nitrogen and oxygen atoms in total. The van der Waals surface area contributed by atoms with Gasteiger partial charge in [-0.1, -0.05) is 13.0 Å². The second-order valence-electron chi connectivity index (χ2n) is 4.56. The minimum atomic E-state index is -3.71. The predicted molar refractivity (Wildman–Crippen MR) is 80.5 cm³/mol. The van der Waals surface area contributed by atoms with Crippen LogP contribution in [0.3, 0.4) is 0 Å². The van der Waals surface area contributed by atoms with Gasteiger partial charge in [-0.3, -0.25) is 14.8 Å². The van der Waals surface area contributed by atoms with Gasteiger partial charge in [-0.2, -0.15) is 5.10 Å². The maximum absolute atomic E-state index is 12.5. The fraction of sp³-hybridized carbons (Fsp3) is 0.143. The molecule has 2 N–H and O–H groups in total. The number of aryl methyl sites for hydroxylation is 1. The van der Waals surface area contributed by atoms with Crippen molar-refractivity contribution >= 4 is 26.7 Å². The molecule has 1 aromatic carbocycles. The molecule has 0 unspecified atom stereocenters. The lowest BCUT2D eigenvalue weighted by Crippen LogP contribution is -2.13. The lowest BCUT2D eigenvalue weighted by atomic mass is 10.2. The summed E-state index contributed by atoms with van der Waals surface area (Å²) in [6.07, 6.45) is 2.39. The first-order valence-corrected chi connectivity index (χ1v) is 7.99. The molecule has 3 rings (SSSR count). The zero-order valence-electron chi connectivity index (χ0n) is 11.4. The van der Waals surface area contributed by atoms with Crippen LogP contribution >= 0.6 is 0 Å². The molecule has 0 aliphatic carbocycles. The van der Waals surface area contributed by atoms with Gasteiger partial charge in [0.15, 0.2) is 5.82 Å². The highest BCUT2D eigenvalue weighted by Gasteiger charge is 2.18. The average molecular weight is 302 g/mol. The molecule has 3 aromatic rings. The number of nitrogens with zero attached hydrogens (tertiary/aromatic N) is 2. The van der Waals surface area contributed by atoms with Crippen molar-refractivity contribution in [3.63, 3.8) is 0 Å². The Morgan fingerprint density at radius 2 is 2.10 bits per heavy atom. The van der Waals surface area contributed by atoms with Crippen LogP contribution in [0.5, 0.6) is 0 Å². The molecule has 2 aromatic heterocycles. The van der Waals surface area contributed by atoms with Crippen molar-refractivity contribution in [2.75, 3.05) is 4.72 Å². The van der Waals surface area contributed by atoms with Crippen LogP contribution in [0.1, 0.15) is 12.6 Å². The third-order valence-electron chi connectivity index (χ3n) is 3.15. The molecular formula is C14H14N4O2S. The maximum Gasteiger partial charge on any atom is 0.263 e. The summed E-state index contributed by atoms with van der Waals surface area (Å²) < 4.78 is 27.5. The SMILES string of the molecule is CCc1cc(NS(=O)(=O)c2cccc3ncccc23)n[nH]1. The van der Waals surface area contributed by atoms with Crippen LogP contribution in [0.2, 0.25) is 0 Å². The maximum atomic E-state index is 12.5. The molecule has 0 aliphatic heterocycles. The standard InChI is InChI=1S/C14H14N4O2S/c1-2-10-9-14(17-16-10)18-21(19,20)13-7-3-6-12-11(13)5-4-8-15-12/h3-9H,2H2,1H3,(H2,16,17,18). The lowest BCUT2D eigenvalue weighted by Gasteiger charge is -2.08. The van der Waals surface area contributed by atoms with Crippen LogP contribution in [0.25, 0.3) is 10.9 Å². The summed E-state index contributed by atoms with van der Waals surface area (Å²) in [5, 5.41) is 7.31. The topological polar surface area (TPSA) is 87.7 Å². The lowest BCUT2D eigenvalue weighted by molar-refractivity contribution is 0.602. The molecule has 21 heavy (non-hydrogen) atoms. The first-order chi connectivity index (χ1) is 10.1. The van der Waals surface area contributed by atoms with E-state index in [1.54, 1.807) is 42.6 Å². The van der Waals surface area contributed by atoms with E-state index in [0.717, 1.165) is 12.1 Å². The van der Waals surface area contributed by atoms with Gasteiger partial charge in [0, 0.05) is 23.3 Å². The Labute approximate surface area is 122 Å². The second kappa shape index (κ2) is 5.17. The Morgan fingerprint density at radius 1 is 1.24 bits per heavy atom. The highest BCUT2D eigenvalue weighted by atomic mass is 32.2. The Morgan fingerprint density at radius 3 is 2.86 bits per heavy atom. The fourth-order valence-electron chi connectivity index (χ4n) is 2.10. The third kappa shape index (κ3) is 2.59. The van der Waals surface area contributed by atoms with Crippen molar-refractivity contribution in [1.82, 2.24) is 15.2 Å². The summed E-state index contributed by atoms with van der Waals surface area (Å²) in [6, 6.07) is 10.1. The minimum Gasteiger partial charge on any atom is -0.280 e. The smallest absolute Gasteiger partial charge is 0.263 e. The first-order valence-electron chi connectivity index (χ1n) is 6.51. The second-order valence-corrected chi connectivity index (χ2v) is 6.21. The summed E-state index contributed by atoms with van der Waals surface area (Å²) in [5.74, 6) is 0.285. The number of rotatable bonds is 4. The Hall–Kier alpha value is -2.41. The Kier molecular flexibility index (Phi) is 3.34. The molecule has 0 fully saturated rings. The van der Waals surface area contributed by atoms with Crippen LogP contribution in [-0.2, 0) is 16.4 Å². The van der Waals surface area contributed by atoms with Gasteiger partial charge in [0.25, 0.3) is 10.0 Å². The number of benzene rings is 1. The molecule has 0 aliphatic rings. The number of aromatic amines is 1. The van der Waals surface area contributed by atoms with Crippen LogP contribution in [0.4, 0.5) is 5.82 Å². The third-order valence-corrected chi connectivity index (χ3v) is 4.56. The van der Waals surface area contributed by atoms with E-state index in [-0.39, 0.29) is 10.7 Å². The Bertz CT molecular complexity index is 881. The van der Waals surface area contributed by atoms with Crippen molar-refractivity contribution in [2.24, 2.45) is 0 Å². The van der Waals surface area contributed by atoms with E-state index < -0.39 is 10.0 Å². The summed E-state index contributed by atoms with van der Waals surface area (Å²) >= 11 is 0. The van der Waals surface area contributed by atoms with Crippen molar-refractivity contribution in [1.29, 1.82) is 0 Å². The number of pyridine rings is 1. The highest BCUT2D eigenvalue weighted by Crippen LogP contribution is 2.23. The first kappa shape index (κ1) is 13.6. The van der Waals surface area contributed by atoms with Crippen molar-refractivity contribution in [3.8, 4) is 0 Å². The van der Waals surface area contributed by atoms with Crippen molar-refractivity contribution in [3.05, 3.63) is 48.3 Å². The monoisotopic (exact) mass is 302 g/mol. The van der Waals surface area contributed by atoms with Crippen LogP contribution in [-0.4, -0.2) is 23.6 Å². The van der Waals surface area contributed by atoms with Gasteiger partial charge in [-0.05, 0) is 30.7 Å². The number of sulfonamides is 1. The molecule has 0 spiro atoms. The molecular weight excluding hydrogens is 288 g/mol. The normalized spacial score (nSPS) is 11.7. The summed E-state index contributed by atoms with van der Waals surface area (Å²) in [5.41, 5.74) is 1.50. The van der Waals surface area contributed by atoms with Gasteiger partial charge in [-0.25, -0.2) is 8.42 Å². The molecule has 0 atom stereocenters. The number of aromatic nitrogens is 3. The van der Waals surface area contributed by atoms with Gasteiger partial charge in [-0.15, -0.1) is 0 Å².